The van der Waals surface area contributed by atoms with Crippen LogP contribution in [0.1, 0.15) is 122 Å². The molecule has 5 atom stereocenters. The van der Waals surface area contributed by atoms with Gasteiger partial charge < -0.3 is 20.1 Å². The molecule has 3 fully saturated rings. The van der Waals surface area contributed by atoms with Crippen LogP contribution in [-0.2, 0) is 19.1 Å². The minimum Gasteiger partial charge on any atom is -0.460 e. The average molecular weight is 527 g/mol. The van der Waals surface area contributed by atoms with E-state index in [1.165, 1.54) is 24.8 Å². The van der Waals surface area contributed by atoms with Crippen LogP contribution >= 0.6 is 0 Å². The molecule has 2 saturated heterocycles. The molecule has 0 aromatic heterocycles. The molecule has 0 amide bonds. The second-order valence-electron chi connectivity index (χ2n) is 12.4. The van der Waals surface area contributed by atoms with Gasteiger partial charge in [0.2, 0.25) is 0 Å². The first-order valence-corrected chi connectivity index (χ1v) is 15.3. The van der Waals surface area contributed by atoms with Crippen LogP contribution < -0.4 is 10.6 Å². The van der Waals surface area contributed by atoms with Gasteiger partial charge in [0.1, 0.15) is 12.2 Å². The molecule has 1 aromatic carbocycles. The third kappa shape index (κ3) is 7.59. The van der Waals surface area contributed by atoms with Gasteiger partial charge in [-0.05, 0) is 68.5 Å². The third-order valence-corrected chi connectivity index (χ3v) is 8.73. The zero-order valence-corrected chi connectivity index (χ0v) is 24.0. The molecule has 2 aliphatic heterocycles. The monoisotopic (exact) mass is 526 g/mol. The number of nitrogens with one attached hydrogen (secondary N) is 2. The molecule has 0 radical (unpaired) electrons. The van der Waals surface area contributed by atoms with Gasteiger partial charge in [0.25, 0.3) is 0 Å². The van der Waals surface area contributed by atoms with E-state index in [1.807, 2.05) is 27.7 Å². The van der Waals surface area contributed by atoms with Crippen LogP contribution in [0.2, 0.25) is 0 Å². The highest BCUT2D eigenvalue weighted by Crippen LogP contribution is 2.36. The Hall–Kier alpha value is -1.92. The Bertz CT molecular complexity index is 904. The standard InChI is InChI=1S/C32H50N2O4/c1-21(2)31(35)37-29(23-12-6-5-7-13-23)28-18-11-17-26(34-28)24-14-10-15-25(20-24)30(38-32(36)22(3)4)27-16-8-9-19-33-27/h10,14-15,20-23,26-30,33-34H,5-9,11-13,16-19H2,1-4H3. The molecule has 6 heteroatoms. The predicted octanol–water partition coefficient (Wildman–Crippen LogP) is 6.40. The van der Waals surface area contributed by atoms with Crippen molar-refractivity contribution in [3.05, 3.63) is 35.4 Å². The molecule has 1 aliphatic carbocycles. The van der Waals surface area contributed by atoms with Crippen molar-refractivity contribution >= 4 is 11.9 Å². The van der Waals surface area contributed by atoms with Crippen molar-refractivity contribution in [2.75, 3.05) is 6.54 Å². The number of ether oxygens (including phenoxy) is 2. The highest BCUT2D eigenvalue weighted by atomic mass is 16.5. The SMILES string of the molecule is CC(C)C(=O)OC(c1cccc(C2CCCC(C(OC(=O)C(C)C)C3CCCCC3)N2)c1)C1CCCCN1. The number of hydrogen-bond donors (Lipinski definition) is 2. The number of esters is 2. The van der Waals surface area contributed by atoms with Crippen molar-refractivity contribution in [2.24, 2.45) is 17.8 Å². The van der Waals surface area contributed by atoms with Crippen molar-refractivity contribution in [3.8, 4) is 0 Å². The van der Waals surface area contributed by atoms with E-state index >= 15 is 0 Å². The Labute approximate surface area is 230 Å². The zero-order valence-electron chi connectivity index (χ0n) is 24.0. The van der Waals surface area contributed by atoms with Gasteiger partial charge in [-0.1, -0.05) is 77.6 Å². The van der Waals surface area contributed by atoms with Gasteiger partial charge in [0.05, 0.1) is 11.8 Å². The molecule has 2 heterocycles. The van der Waals surface area contributed by atoms with Gasteiger partial charge in [-0.3, -0.25) is 9.59 Å². The topological polar surface area (TPSA) is 76.7 Å². The Morgan fingerprint density at radius 2 is 1.47 bits per heavy atom. The lowest BCUT2D eigenvalue weighted by Crippen LogP contribution is -2.50. The lowest BCUT2D eigenvalue weighted by Gasteiger charge is -2.40. The maximum absolute atomic E-state index is 12.7. The molecule has 1 saturated carbocycles. The molecule has 212 valence electrons. The number of benzene rings is 1. The van der Waals surface area contributed by atoms with Gasteiger partial charge in [0.15, 0.2) is 0 Å². The summed E-state index contributed by atoms with van der Waals surface area (Å²) in [6.07, 6.45) is 12.2. The second-order valence-corrected chi connectivity index (χ2v) is 12.4. The summed E-state index contributed by atoms with van der Waals surface area (Å²) in [7, 11) is 0. The van der Waals surface area contributed by atoms with Gasteiger partial charge in [-0.2, -0.15) is 0 Å². The molecule has 38 heavy (non-hydrogen) atoms. The number of rotatable bonds is 9. The zero-order chi connectivity index (χ0) is 27.1. The molecular weight excluding hydrogens is 476 g/mol. The third-order valence-electron chi connectivity index (χ3n) is 8.73. The summed E-state index contributed by atoms with van der Waals surface area (Å²) in [4.78, 5) is 25.4. The first-order valence-electron chi connectivity index (χ1n) is 15.3. The maximum Gasteiger partial charge on any atom is 0.309 e. The fourth-order valence-corrected chi connectivity index (χ4v) is 6.46. The molecule has 0 spiro atoms. The van der Waals surface area contributed by atoms with Crippen LogP contribution in [-0.4, -0.2) is 36.7 Å². The molecule has 1 aromatic rings. The van der Waals surface area contributed by atoms with E-state index in [-0.39, 0.29) is 54.1 Å². The van der Waals surface area contributed by atoms with Crippen molar-refractivity contribution in [2.45, 2.75) is 129 Å². The Morgan fingerprint density at radius 3 is 2.16 bits per heavy atom. The summed E-state index contributed by atoms with van der Waals surface area (Å²) < 4.78 is 12.3. The highest BCUT2D eigenvalue weighted by molar-refractivity contribution is 5.72. The molecule has 2 N–H and O–H groups in total. The lowest BCUT2D eigenvalue weighted by atomic mass is 9.79. The first-order chi connectivity index (χ1) is 18.3. The summed E-state index contributed by atoms with van der Waals surface area (Å²) in [5.74, 6) is -0.0650. The van der Waals surface area contributed by atoms with Crippen LogP contribution in [0.4, 0.5) is 0 Å². The minimum absolute atomic E-state index is 0.0673. The summed E-state index contributed by atoms with van der Waals surface area (Å²) >= 11 is 0. The highest BCUT2D eigenvalue weighted by Gasteiger charge is 2.37. The van der Waals surface area contributed by atoms with Crippen LogP contribution in [0, 0.1) is 17.8 Å². The van der Waals surface area contributed by atoms with Gasteiger partial charge >= 0.3 is 11.9 Å². The number of carbonyl (C=O) groups is 2. The summed E-state index contributed by atoms with van der Waals surface area (Å²) in [5.41, 5.74) is 2.29. The number of hydrogen-bond acceptors (Lipinski definition) is 6. The maximum atomic E-state index is 12.7. The van der Waals surface area contributed by atoms with Crippen molar-refractivity contribution in [1.29, 1.82) is 0 Å². The van der Waals surface area contributed by atoms with Crippen LogP contribution in [0.5, 0.6) is 0 Å². The quantitative estimate of drug-likeness (QED) is 0.363. The van der Waals surface area contributed by atoms with Gasteiger partial charge in [-0.15, -0.1) is 0 Å². The Balaban J connectivity index is 1.53. The van der Waals surface area contributed by atoms with Gasteiger partial charge in [-0.25, -0.2) is 0 Å². The van der Waals surface area contributed by atoms with Crippen LogP contribution in [0.3, 0.4) is 0 Å². The van der Waals surface area contributed by atoms with E-state index in [9.17, 15) is 9.59 Å². The number of piperidine rings is 2. The first kappa shape index (κ1) is 29.1. The molecule has 4 rings (SSSR count). The largest absolute Gasteiger partial charge is 0.460 e. The van der Waals surface area contributed by atoms with Crippen LogP contribution in [0.15, 0.2) is 24.3 Å². The molecule has 0 bridgehead atoms. The van der Waals surface area contributed by atoms with E-state index in [0.29, 0.717) is 5.92 Å². The lowest BCUT2D eigenvalue weighted by molar-refractivity contribution is -0.159. The molecule has 5 unspecified atom stereocenters. The smallest absolute Gasteiger partial charge is 0.309 e. The summed E-state index contributed by atoms with van der Waals surface area (Å²) in [5, 5.41) is 7.52. The van der Waals surface area contributed by atoms with Crippen molar-refractivity contribution in [1.82, 2.24) is 10.6 Å². The van der Waals surface area contributed by atoms with E-state index in [0.717, 1.165) is 63.5 Å². The minimum atomic E-state index is -0.286. The normalized spacial score (nSPS) is 26.6. The van der Waals surface area contributed by atoms with E-state index in [1.54, 1.807) is 0 Å². The summed E-state index contributed by atoms with van der Waals surface area (Å²) in [6.45, 7) is 8.60. The Morgan fingerprint density at radius 1 is 0.789 bits per heavy atom. The van der Waals surface area contributed by atoms with Crippen molar-refractivity contribution in [3.63, 3.8) is 0 Å². The molecule has 3 aliphatic rings. The fraction of sp³-hybridized carbons (Fsp3) is 0.750. The second kappa shape index (κ2) is 13.9. The number of carbonyl (C=O) groups excluding carboxylic acids is 2. The average Bonchev–Trinajstić information content (AvgIpc) is 2.95. The Kier molecular flexibility index (Phi) is 10.7. The van der Waals surface area contributed by atoms with Gasteiger partial charge in [0, 0.05) is 18.1 Å². The van der Waals surface area contributed by atoms with Crippen LogP contribution in [0.25, 0.3) is 0 Å². The predicted molar refractivity (Wildman–Crippen MR) is 151 cm³/mol. The van der Waals surface area contributed by atoms with E-state index in [4.69, 9.17) is 9.47 Å². The fourth-order valence-electron chi connectivity index (χ4n) is 6.46. The molecular formula is C32H50N2O4. The van der Waals surface area contributed by atoms with E-state index in [2.05, 4.69) is 34.9 Å². The molecule has 6 nitrogen and oxygen atoms in total. The van der Waals surface area contributed by atoms with E-state index < -0.39 is 0 Å². The van der Waals surface area contributed by atoms with Crippen molar-refractivity contribution < 1.29 is 19.1 Å². The summed E-state index contributed by atoms with van der Waals surface area (Å²) in [6, 6.07) is 9.13.